The topological polar surface area (TPSA) is 63.6 Å². The third-order valence-corrected chi connectivity index (χ3v) is 2.84. The summed E-state index contributed by atoms with van der Waals surface area (Å²) in [6.45, 7) is -0.127. The largest absolute Gasteiger partial charge is 0.484 e. The van der Waals surface area contributed by atoms with Crippen molar-refractivity contribution in [3.05, 3.63) is 23.8 Å². The van der Waals surface area contributed by atoms with E-state index in [9.17, 15) is 21.6 Å². The van der Waals surface area contributed by atoms with Gasteiger partial charge in [-0.2, -0.15) is 21.6 Å². The molecular weight excluding hydrogens is 261 g/mol. The molecule has 1 aromatic carbocycles. The standard InChI is InChI=1S/C9H9F3O4S/c1-6-2-3-7(16-5-9(10,11)12)4-8(6)17(13,14)15/h2-4H,5H2,1H3,(H,13,14,15). The molecule has 96 valence electrons. The van der Waals surface area contributed by atoms with E-state index >= 15 is 0 Å². The van der Waals surface area contributed by atoms with Gasteiger partial charge in [0.15, 0.2) is 6.61 Å². The first kappa shape index (κ1) is 13.8. The van der Waals surface area contributed by atoms with Crippen LogP contribution in [0.15, 0.2) is 23.1 Å². The summed E-state index contributed by atoms with van der Waals surface area (Å²) < 4.78 is 70.5. The highest BCUT2D eigenvalue weighted by Crippen LogP contribution is 2.23. The lowest BCUT2D eigenvalue weighted by atomic mass is 10.2. The van der Waals surface area contributed by atoms with Crippen LogP contribution in [-0.4, -0.2) is 25.8 Å². The Balaban J connectivity index is 2.98. The second-order valence-electron chi connectivity index (χ2n) is 3.31. The van der Waals surface area contributed by atoms with E-state index in [1.54, 1.807) is 0 Å². The van der Waals surface area contributed by atoms with E-state index < -0.39 is 27.8 Å². The highest BCUT2D eigenvalue weighted by atomic mass is 32.2. The molecule has 0 heterocycles. The van der Waals surface area contributed by atoms with E-state index in [1.165, 1.54) is 19.1 Å². The normalized spacial score (nSPS) is 12.5. The third-order valence-electron chi connectivity index (χ3n) is 1.84. The maximum absolute atomic E-state index is 11.9. The smallest absolute Gasteiger partial charge is 0.422 e. The van der Waals surface area contributed by atoms with E-state index in [2.05, 4.69) is 4.74 Å². The number of alkyl halides is 3. The maximum Gasteiger partial charge on any atom is 0.422 e. The zero-order valence-electron chi connectivity index (χ0n) is 8.65. The number of ether oxygens (including phenoxy) is 1. The molecule has 17 heavy (non-hydrogen) atoms. The fourth-order valence-electron chi connectivity index (χ4n) is 1.11. The van der Waals surface area contributed by atoms with Gasteiger partial charge in [-0.25, -0.2) is 0 Å². The molecule has 0 spiro atoms. The van der Waals surface area contributed by atoms with Crippen molar-refractivity contribution in [2.24, 2.45) is 0 Å². The lowest BCUT2D eigenvalue weighted by Gasteiger charge is -2.10. The number of hydrogen-bond acceptors (Lipinski definition) is 3. The monoisotopic (exact) mass is 270 g/mol. The number of benzene rings is 1. The van der Waals surface area contributed by atoms with Crippen molar-refractivity contribution >= 4 is 10.1 Å². The van der Waals surface area contributed by atoms with Crippen LogP contribution in [0, 0.1) is 6.92 Å². The molecule has 4 nitrogen and oxygen atoms in total. The quantitative estimate of drug-likeness (QED) is 0.855. The molecular formula is C9H9F3O4S. The predicted molar refractivity (Wildman–Crippen MR) is 52.5 cm³/mol. The van der Waals surface area contributed by atoms with Gasteiger partial charge in [-0.3, -0.25) is 4.55 Å². The van der Waals surface area contributed by atoms with Crippen molar-refractivity contribution in [2.45, 2.75) is 18.0 Å². The van der Waals surface area contributed by atoms with Crippen LogP contribution in [0.5, 0.6) is 5.75 Å². The Hall–Kier alpha value is -1.28. The first-order valence-electron chi connectivity index (χ1n) is 4.37. The Bertz CT molecular complexity index is 507. The lowest BCUT2D eigenvalue weighted by molar-refractivity contribution is -0.153. The molecule has 0 unspecified atom stereocenters. The van der Waals surface area contributed by atoms with Crippen LogP contribution in [0.4, 0.5) is 13.2 Å². The van der Waals surface area contributed by atoms with Crippen LogP contribution >= 0.6 is 0 Å². The molecule has 0 bridgehead atoms. The minimum Gasteiger partial charge on any atom is -0.484 e. The molecule has 0 aliphatic rings. The maximum atomic E-state index is 11.9. The summed E-state index contributed by atoms with van der Waals surface area (Å²) in [6, 6.07) is 3.28. The van der Waals surface area contributed by atoms with Crippen molar-refractivity contribution in [2.75, 3.05) is 6.61 Å². The zero-order chi connectivity index (χ0) is 13.3. The number of rotatable bonds is 3. The average molecular weight is 270 g/mol. The summed E-state index contributed by atoms with van der Waals surface area (Å²) in [5.41, 5.74) is 0.215. The van der Waals surface area contributed by atoms with Gasteiger partial charge in [-0.1, -0.05) is 6.07 Å². The fourth-order valence-corrected chi connectivity index (χ4v) is 1.85. The Labute approximate surface area is 95.8 Å². The van der Waals surface area contributed by atoms with Crippen LogP contribution in [0.3, 0.4) is 0 Å². The van der Waals surface area contributed by atoms with E-state index in [1.807, 2.05) is 0 Å². The molecule has 0 aromatic heterocycles. The molecule has 0 amide bonds. The van der Waals surface area contributed by atoms with Gasteiger partial charge < -0.3 is 4.74 Å². The molecule has 0 aliphatic carbocycles. The number of halogens is 3. The minimum absolute atomic E-state index is 0.215. The van der Waals surface area contributed by atoms with Gasteiger partial charge in [0.1, 0.15) is 10.6 Å². The number of hydrogen-bond donors (Lipinski definition) is 1. The summed E-state index contributed by atoms with van der Waals surface area (Å²) in [7, 11) is -4.47. The SMILES string of the molecule is Cc1ccc(OCC(F)(F)F)cc1S(=O)(=O)O. The molecule has 0 aliphatic heterocycles. The third kappa shape index (κ3) is 4.23. The van der Waals surface area contributed by atoms with Crippen LogP contribution in [0.1, 0.15) is 5.56 Å². The Morgan fingerprint density at radius 2 is 1.94 bits per heavy atom. The van der Waals surface area contributed by atoms with Crippen LogP contribution in [0.2, 0.25) is 0 Å². The van der Waals surface area contributed by atoms with Crippen LogP contribution in [-0.2, 0) is 10.1 Å². The second-order valence-corrected chi connectivity index (χ2v) is 4.70. The molecule has 0 atom stereocenters. The summed E-state index contributed by atoms with van der Waals surface area (Å²) >= 11 is 0. The Morgan fingerprint density at radius 1 is 1.35 bits per heavy atom. The lowest BCUT2D eigenvalue weighted by Crippen LogP contribution is -2.19. The van der Waals surface area contributed by atoms with Crippen molar-refractivity contribution < 1.29 is 30.9 Å². The van der Waals surface area contributed by atoms with Gasteiger partial charge in [0.05, 0.1) is 0 Å². The van der Waals surface area contributed by atoms with Crippen molar-refractivity contribution in [1.82, 2.24) is 0 Å². The van der Waals surface area contributed by atoms with Gasteiger partial charge in [-0.05, 0) is 18.6 Å². The highest BCUT2D eigenvalue weighted by molar-refractivity contribution is 7.85. The van der Waals surface area contributed by atoms with Crippen molar-refractivity contribution in [3.63, 3.8) is 0 Å². The summed E-state index contributed by atoms with van der Waals surface area (Å²) in [5.74, 6) is -0.277. The second kappa shape index (κ2) is 4.53. The van der Waals surface area contributed by atoms with Gasteiger partial charge in [-0.15, -0.1) is 0 Å². The first-order valence-corrected chi connectivity index (χ1v) is 5.81. The molecule has 0 fully saturated rings. The van der Waals surface area contributed by atoms with Gasteiger partial charge >= 0.3 is 6.18 Å². The fraction of sp³-hybridized carbons (Fsp3) is 0.333. The molecule has 0 saturated carbocycles. The van der Waals surface area contributed by atoms with Crippen molar-refractivity contribution in [3.8, 4) is 5.75 Å². The van der Waals surface area contributed by atoms with E-state index in [0.29, 0.717) is 0 Å². The highest BCUT2D eigenvalue weighted by Gasteiger charge is 2.28. The average Bonchev–Trinajstić information content (AvgIpc) is 2.13. The van der Waals surface area contributed by atoms with Crippen LogP contribution < -0.4 is 4.74 Å². The molecule has 0 radical (unpaired) electrons. The van der Waals surface area contributed by atoms with Crippen LogP contribution in [0.25, 0.3) is 0 Å². The zero-order valence-corrected chi connectivity index (χ0v) is 9.47. The van der Waals surface area contributed by atoms with Crippen molar-refractivity contribution in [1.29, 1.82) is 0 Å². The van der Waals surface area contributed by atoms with E-state index in [-0.39, 0.29) is 11.3 Å². The van der Waals surface area contributed by atoms with E-state index in [0.717, 1.165) is 6.07 Å². The summed E-state index contributed by atoms with van der Waals surface area (Å²) in [4.78, 5) is -0.475. The predicted octanol–water partition coefficient (Wildman–Crippen LogP) is 2.18. The Morgan fingerprint density at radius 3 is 2.41 bits per heavy atom. The van der Waals surface area contributed by atoms with Gasteiger partial charge in [0.25, 0.3) is 10.1 Å². The molecule has 1 N–H and O–H groups in total. The summed E-state index contributed by atoms with van der Waals surface area (Å²) in [6.07, 6.45) is -4.51. The van der Waals surface area contributed by atoms with Gasteiger partial charge in [0, 0.05) is 6.07 Å². The first-order chi connectivity index (χ1) is 7.59. The van der Waals surface area contributed by atoms with E-state index in [4.69, 9.17) is 4.55 Å². The minimum atomic E-state index is -4.51. The molecule has 1 aromatic rings. The van der Waals surface area contributed by atoms with Gasteiger partial charge in [0.2, 0.25) is 0 Å². The number of aryl methyl sites for hydroxylation is 1. The summed E-state index contributed by atoms with van der Waals surface area (Å²) in [5, 5.41) is 0. The molecule has 0 saturated heterocycles. The molecule has 8 heteroatoms. The molecule has 1 rings (SSSR count). The Kier molecular flexibility index (Phi) is 3.68.